The van der Waals surface area contributed by atoms with Crippen LogP contribution in [0.3, 0.4) is 0 Å². The number of aromatic nitrogens is 8. The van der Waals surface area contributed by atoms with E-state index in [1.807, 2.05) is 11.0 Å². The van der Waals surface area contributed by atoms with Gasteiger partial charge < -0.3 is 9.47 Å². The smallest absolute Gasteiger partial charge is 0.370 e. The third-order valence-electron chi connectivity index (χ3n) is 7.18. The molecule has 1 aromatic carbocycles. The Morgan fingerprint density at radius 2 is 1.77 bits per heavy atom. The average molecular weight is 551 g/mol. The SMILES string of the molecule is Cn1cc(-c2cc(C#N)c(N3CCC(F)(c4nncn4C)CC3)c(-c3cnc4nn(C(F)(F)F)cc4c3)c2)cn1. The van der Waals surface area contributed by atoms with Crippen LogP contribution in [-0.4, -0.2) is 52.4 Å². The zero-order valence-corrected chi connectivity index (χ0v) is 21.4. The van der Waals surface area contributed by atoms with Crippen LogP contribution in [0.15, 0.2) is 49.3 Å². The largest absolute Gasteiger partial charge is 0.504 e. The molecule has 0 amide bonds. The number of fused-ring (bicyclic) bond motifs is 1. The molecule has 5 aromatic rings. The van der Waals surface area contributed by atoms with Crippen molar-refractivity contribution in [1.82, 2.24) is 39.3 Å². The van der Waals surface area contributed by atoms with Gasteiger partial charge in [-0.05, 0) is 23.8 Å². The molecule has 1 aliphatic rings. The van der Waals surface area contributed by atoms with E-state index in [1.165, 1.54) is 12.5 Å². The van der Waals surface area contributed by atoms with Crippen LogP contribution in [0.1, 0.15) is 24.2 Å². The number of benzene rings is 1. The first kappa shape index (κ1) is 25.5. The zero-order valence-electron chi connectivity index (χ0n) is 21.4. The first-order valence-corrected chi connectivity index (χ1v) is 12.3. The second kappa shape index (κ2) is 9.15. The molecule has 1 aliphatic heterocycles. The summed E-state index contributed by atoms with van der Waals surface area (Å²) >= 11 is 0. The summed E-state index contributed by atoms with van der Waals surface area (Å²) < 4.78 is 58.8. The highest BCUT2D eigenvalue weighted by molar-refractivity contribution is 5.90. The summed E-state index contributed by atoms with van der Waals surface area (Å²) in [6, 6.07) is 7.42. The fourth-order valence-electron chi connectivity index (χ4n) is 5.21. The first-order chi connectivity index (χ1) is 19.1. The molecule has 0 saturated carbocycles. The fraction of sp³-hybridized carbons (Fsp3) is 0.308. The molecule has 4 aromatic heterocycles. The summed E-state index contributed by atoms with van der Waals surface area (Å²) in [6.07, 6.45) is 2.77. The Morgan fingerprint density at radius 1 is 1.00 bits per heavy atom. The molecule has 1 saturated heterocycles. The van der Waals surface area contributed by atoms with E-state index in [0.717, 1.165) is 11.8 Å². The normalized spacial score (nSPS) is 15.5. The topological polar surface area (TPSA) is 106 Å². The van der Waals surface area contributed by atoms with Crippen molar-refractivity contribution >= 4 is 16.7 Å². The maximum atomic E-state index is 15.9. The molecule has 5 heterocycles. The van der Waals surface area contributed by atoms with E-state index in [0.29, 0.717) is 27.9 Å². The standard InChI is InChI=1S/C26H22F4N10/c1-37-15-33-35-24(37)25(27)3-5-39(6-4-25)22-17(10-31)7-16(20-12-34-38(2)13-20)9-21(22)18-8-19-14-40(26(28,29)30)36-23(19)32-11-18/h7-9,11-15H,3-6H2,1-2H3. The molecule has 1 fully saturated rings. The molecule has 0 spiro atoms. The number of pyridine rings is 1. The van der Waals surface area contributed by atoms with Crippen LogP contribution < -0.4 is 4.90 Å². The van der Waals surface area contributed by atoms with E-state index in [4.69, 9.17) is 0 Å². The molecular weight excluding hydrogens is 528 g/mol. The maximum absolute atomic E-state index is 15.9. The van der Waals surface area contributed by atoms with Crippen LogP contribution in [-0.2, 0) is 26.1 Å². The van der Waals surface area contributed by atoms with Crippen LogP contribution in [0.4, 0.5) is 23.2 Å². The molecule has 6 rings (SSSR count). The molecule has 0 aliphatic carbocycles. The van der Waals surface area contributed by atoms with Gasteiger partial charge in [-0.25, -0.2) is 9.37 Å². The highest BCUT2D eigenvalue weighted by Gasteiger charge is 2.41. The van der Waals surface area contributed by atoms with Gasteiger partial charge in [0.1, 0.15) is 12.4 Å². The Labute approximate surface area is 225 Å². The van der Waals surface area contributed by atoms with Gasteiger partial charge >= 0.3 is 6.30 Å². The summed E-state index contributed by atoms with van der Waals surface area (Å²) in [4.78, 5) is 6.11. The lowest BCUT2D eigenvalue weighted by Crippen LogP contribution is -2.42. The average Bonchev–Trinajstić information content (AvgIpc) is 3.67. The van der Waals surface area contributed by atoms with E-state index in [1.54, 1.807) is 47.9 Å². The lowest BCUT2D eigenvalue weighted by molar-refractivity contribution is -0.211. The van der Waals surface area contributed by atoms with Crippen molar-refractivity contribution in [3.05, 3.63) is 60.7 Å². The third kappa shape index (κ3) is 4.33. The zero-order chi connectivity index (χ0) is 28.2. The molecule has 0 atom stereocenters. The van der Waals surface area contributed by atoms with Gasteiger partial charge in [0, 0.05) is 80.7 Å². The lowest BCUT2D eigenvalue weighted by atomic mass is 9.89. The van der Waals surface area contributed by atoms with Crippen molar-refractivity contribution in [3.8, 4) is 28.3 Å². The molecule has 204 valence electrons. The van der Waals surface area contributed by atoms with Crippen LogP contribution in [0.5, 0.6) is 0 Å². The summed E-state index contributed by atoms with van der Waals surface area (Å²) in [5.41, 5.74) is 1.69. The summed E-state index contributed by atoms with van der Waals surface area (Å²) in [7, 11) is 3.46. The Bertz CT molecular complexity index is 1770. The minimum atomic E-state index is -4.68. The molecular formula is C26H22F4N10. The minimum absolute atomic E-state index is 0.0598. The number of aryl methyl sites for hydroxylation is 2. The van der Waals surface area contributed by atoms with Gasteiger partial charge in [-0.15, -0.1) is 28.5 Å². The summed E-state index contributed by atoms with van der Waals surface area (Å²) in [5.74, 6) is 0.246. The number of rotatable bonds is 4. The summed E-state index contributed by atoms with van der Waals surface area (Å²) in [6.45, 7) is 0.553. The molecule has 0 bridgehead atoms. The van der Waals surface area contributed by atoms with Crippen molar-refractivity contribution in [2.45, 2.75) is 24.8 Å². The predicted octanol–water partition coefficient (Wildman–Crippen LogP) is 4.44. The van der Waals surface area contributed by atoms with Crippen LogP contribution in [0, 0.1) is 11.3 Å². The Morgan fingerprint density at radius 3 is 2.40 bits per heavy atom. The van der Waals surface area contributed by atoms with Gasteiger partial charge in [0.2, 0.25) is 0 Å². The fourth-order valence-corrected chi connectivity index (χ4v) is 5.21. The summed E-state index contributed by atoms with van der Waals surface area (Å²) in [5, 5.41) is 25.9. The number of hydrogen-bond donors (Lipinski definition) is 0. The van der Waals surface area contributed by atoms with Gasteiger partial charge in [0.15, 0.2) is 17.1 Å². The van der Waals surface area contributed by atoms with Gasteiger partial charge in [0.25, 0.3) is 0 Å². The van der Waals surface area contributed by atoms with Gasteiger partial charge in [0.05, 0.1) is 17.4 Å². The van der Waals surface area contributed by atoms with E-state index in [-0.39, 0.29) is 47.5 Å². The van der Waals surface area contributed by atoms with Crippen molar-refractivity contribution in [2.75, 3.05) is 18.0 Å². The number of alkyl halides is 4. The van der Waals surface area contributed by atoms with Crippen LogP contribution in [0.25, 0.3) is 33.3 Å². The highest BCUT2D eigenvalue weighted by atomic mass is 19.4. The quantitative estimate of drug-likeness (QED) is 0.305. The van der Waals surface area contributed by atoms with Gasteiger partial charge in [-0.3, -0.25) is 4.68 Å². The highest BCUT2D eigenvalue weighted by Crippen LogP contribution is 2.43. The third-order valence-corrected chi connectivity index (χ3v) is 7.18. The molecule has 40 heavy (non-hydrogen) atoms. The van der Waals surface area contributed by atoms with E-state index in [2.05, 4.69) is 31.4 Å². The van der Waals surface area contributed by atoms with Gasteiger partial charge in [-0.2, -0.15) is 15.0 Å². The second-order valence-electron chi connectivity index (χ2n) is 9.83. The van der Waals surface area contributed by atoms with Crippen molar-refractivity contribution in [1.29, 1.82) is 5.26 Å². The number of nitrogens with zero attached hydrogens (tertiary/aromatic N) is 10. The van der Waals surface area contributed by atoms with Crippen LogP contribution in [0.2, 0.25) is 0 Å². The maximum Gasteiger partial charge on any atom is 0.504 e. The van der Waals surface area contributed by atoms with Crippen molar-refractivity contribution in [3.63, 3.8) is 0 Å². The Hall–Kier alpha value is -4.80. The van der Waals surface area contributed by atoms with E-state index in [9.17, 15) is 18.4 Å². The number of piperidine rings is 1. The van der Waals surface area contributed by atoms with Crippen molar-refractivity contribution in [2.24, 2.45) is 14.1 Å². The Balaban J connectivity index is 1.47. The van der Waals surface area contributed by atoms with E-state index < -0.39 is 12.0 Å². The lowest BCUT2D eigenvalue weighted by Gasteiger charge is -2.38. The predicted molar refractivity (Wildman–Crippen MR) is 136 cm³/mol. The number of hydrogen-bond acceptors (Lipinski definition) is 7. The van der Waals surface area contributed by atoms with E-state index >= 15 is 4.39 Å². The van der Waals surface area contributed by atoms with Crippen LogP contribution >= 0.6 is 0 Å². The minimum Gasteiger partial charge on any atom is -0.370 e. The first-order valence-electron chi connectivity index (χ1n) is 12.3. The molecule has 10 nitrogen and oxygen atoms in total. The monoisotopic (exact) mass is 550 g/mol. The van der Waals surface area contributed by atoms with Crippen molar-refractivity contribution < 1.29 is 17.6 Å². The van der Waals surface area contributed by atoms with Gasteiger partial charge in [-0.1, -0.05) is 0 Å². The Kier molecular flexibility index (Phi) is 5.83. The molecule has 14 heteroatoms. The molecule has 0 radical (unpaired) electrons. The number of nitriles is 1. The molecule has 0 unspecified atom stereocenters. The number of halogens is 4. The molecule has 0 N–H and O–H groups in total. The number of anilines is 1. The second-order valence-corrected chi connectivity index (χ2v) is 9.83.